The molecule has 1 aromatic heterocycles. The van der Waals surface area contributed by atoms with Crippen molar-refractivity contribution in [2.75, 3.05) is 13.7 Å². The molecule has 1 aliphatic rings. The first kappa shape index (κ1) is 22.8. The Morgan fingerprint density at radius 2 is 2.00 bits per heavy atom. The molecule has 0 saturated heterocycles. The summed E-state index contributed by atoms with van der Waals surface area (Å²) in [4.78, 5) is 31.4. The van der Waals surface area contributed by atoms with Gasteiger partial charge in [0.2, 0.25) is 0 Å². The topological polar surface area (TPSA) is 90.1 Å². The molecule has 3 aromatic rings. The van der Waals surface area contributed by atoms with Gasteiger partial charge in [0.25, 0.3) is 5.56 Å². The molecule has 0 fully saturated rings. The quantitative estimate of drug-likeness (QED) is 0.562. The average molecular weight is 485 g/mol. The van der Waals surface area contributed by atoms with E-state index in [9.17, 15) is 14.7 Å². The van der Waals surface area contributed by atoms with Gasteiger partial charge in [0.15, 0.2) is 16.3 Å². The SMILES string of the molecule is CCOC(=O)C1=C(C)N=c2s/c(=C/c3ccc(O)c(OC)c3)c(=O)n2C1c1ccc(Cl)cc1. The summed E-state index contributed by atoms with van der Waals surface area (Å²) in [7, 11) is 1.46. The Labute approximate surface area is 198 Å². The Kier molecular flexibility index (Phi) is 6.40. The monoisotopic (exact) mass is 484 g/mol. The molecule has 9 heteroatoms. The number of nitrogens with zero attached hydrogens (tertiary/aromatic N) is 2. The van der Waals surface area contributed by atoms with E-state index in [1.54, 1.807) is 56.3 Å². The van der Waals surface area contributed by atoms with Gasteiger partial charge in [-0.15, -0.1) is 0 Å². The molecule has 1 atom stereocenters. The third-order valence-corrected chi connectivity index (χ3v) is 6.44. The van der Waals surface area contributed by atoms with Gasteiger partial charge in [0.05, 0.1) is 35.6 Å². The lowest BCUT2D eigenvalue weighted by molar-refractivity contribution is -0.139. The molecule has 0 aliphatic carbocycles. The van der Waals surface area contributed by atoms with E-state index >= 15 is 0 Å². The normalized spacial score (nSPS) is 15.8. The predicted octanol–water partition coefficient (Wildman–Crippen LogP) is 3.17. The first-order valence-corrected chi connectivity index (χ1v) is 11.4. The number of allylic oxidation sites excluding steroid dienone is 1. The van der Waals surface area contributed by atoms with Crippen LogP contribution < -0.4 is 19.6 Å². The summed E-state index contributed by atoms with van der Waals surface area (Å²) in [5.74, 6) is -0.208. The lowest BCUT2D eigenvalue weighted by Gasteiger charge is -2.24. The van der Waals surface area contributed by atoms with E-state index in [4.69, 9.17) is 21.1 Å². The molecule has 0 spiro atoms. The molecule has 7 nitrogen and oxygen atoms in total. The Hall–Kier alpha value is -3.36. The number of aromatic hydroxyl groups is 1. The molecule has 2 heterocycles. The average Bonchev–Trinajstić information content (AvgIpc) is 3.09. The van der Waals surface area contributed by atoms with Crippen LogP contribution >= 0.6 is 22.9 Å². The van der Waals surface area contributed by atoms with Gasteiger partial charge in [-0.25, -0.2) is 9.79 Å². The van der Waals surface area contributed by atoms with Crippen LogP contribution in [0.5, 0.6) is 11.5 Å². The minimum absolute atomic E-state index is 0.00792. The van der Waals surface area contributed by atoms with Crippen LogP contribution in [0.3, 0.4) is 0 Å². The van der Waals surface area contributed by atoms with Gasteiger partial charge >= 0.3 is 5.97 Å². The maximum absolute atomic E-state index is 13.5. The summed E-state index contributed by atoms with van der Waals surface area (Å²) in [5, 5.41) is 10.4. The van der Waals surface area contributed by atoms with Gasteiger partial charge in [-0.1, -0.05) is 41.1 Å². The van der Waals surface area contributed by atoms with Gasteiger partial charge in [0.1, 0.15) is 0 Å². The third kappa shape index (κ3) is 4.31. The Bertz CT molecular complexity index is 1440. The maximum Gasteiger partial charge on any atom is 0.338 e. The number of halogens is 1. The van der Waals surface area contributed by atoms with Gasteiger partial charge in [-0.05, 0) is 55.3 Å². The summed E-state index contributed by atoms with van der Waals surface area (Å²) in [6.45, 7) is 3.67. The number of benzene rings is 2. The summed E-state index contributed by atoms with van der Waals surface area (Å²) >= 11 is 7.29. The van der Waals surface area contributed by atoms with Gasteiger partial charge < -0.3 is 14.6 Å². The first-order valence-electron chi connectivity index (χ1n) is 10.2. The van der Waals surface area contributed by atoms with E-state index in [-0.39, 0.29) is 17.9 Å². The van der Waals surface area contributed by atoms with Crippen LogP contribution in [-0.2, 0) is 9.53 Å². The molecule has 33 heavy (non-hydrogen) atoms. The zero-order valence-corrected chi connectivity index (χ0v) is 19.7. The second-order valence-corrected chi connectivity index (χ2v) is 8.73. The van der Waals surface area contributed by atoms with E-state index < -0.39 is 12.0 Å². The summed E-state index contributed by atoms with van der Waals surface area (Å²) in [5.41, 5.74) is 1.91. The van der Waals surface area contributed by atoms with Crippen molar-refractivity contribution in [3.63, 3.8) is 0 Å². The number of phenolic OH excluding ortho intramolecular Hbond substituents is 1. The second-order valence-electron chi connectivity index (χ2n) is 7.29. The number of aromatic nitrogens is 1. The van der Waals surface area contributed by atoms with Gasteiger partial charge in [-0.2, -0.15) is 0 Å². The fourth-order valence-electron chi connectivity index (χ4n) is 3.69. The zero-order valence-electron chi connectivity index (χ0n) is 18.2. The fourth-order valence-corrected chi connectivity index (χ4v) is 4.86. The minimum atomic E-state index is -0.700. The molecule has 0 bridgehead atoms. The number of methoxy groups -OCH3 is 1. The molecular weight excluding hydrogens is 464 g/mol. The van der Waals surface area contributed by atoms with Crippen LogP contribution in [0.15, 0.2) is 63.5 Å². The lowest BCUT2D eigenvalue weighted by Crippen LogP contribution is -2.39. The first-order chi connectivity index (χ1) is 15.8. The lowest BCUT2D eigenvalue weighted by atomic mass is 9.96. The molecule has 0 saturated carbocycles. The number of phenols is 1. The third-order valence-electron chi connectivity index (χ3n) is 5.20. The number of ether oxygens (including phenoxy) is 2. The van der Waals surface area contributed by atoms with Crippen molar-refractivity contribution in [1.29, 1.82) is 0 Å². The van der Waals surface area contributed by atoms with Crippen LogP contribution in [0.2, 0.25) is 5.02 Å². The highest BCUT2D eigenvalue weighted by Gasteiger charge is 2.33. The van der Waals surface area contributed by atoms with E-state index in [1.165, 1.54) is 29.1 Å². The smallest absolute Gasteiger partial charge is 0.338 e. The van der Waals surface area contributed by atoms with Crippen LogP contribution in [-0.4, -0.2) is 29.4 Å². The second kappa shape index (κ2) is 9.25. The molecule has 1 unspecified atom stereocenters. The number of fused-ring (bicyclic) bond motifs is 1. The van der Waals surface area contributed by atoms with Crippen molar-refractivity contribution >= 4 is 35.0 Å². The summed E-state index contributed by atoms with van der Waals surface area (Å²) < 4.78 is 12.4. The highest BCUT2D eigenvalue weighted by Crippen LogP contribution is 2.31. The van der Waals surface area contributed by atoms with E-state index in [1.807, 2.05) is 0 Å². The maximum atomic E-state index is 13.5. The number of carbonyl (C=O) groups excluding carboxylic acids is 1. The summed E-state index contributed by atoms with van der Waals surface area (Å²) in [6, 6.07) is 11.1. The van der Waals surface area contributed by atoms with Crippen molar-refractivity contribution in [2.45, 2.75) is 19.9 Å². The van der Waals surface area contributed by atoms with Crippen LogP contribution in [0.25, 0.3) is 6.08 Å². The zero-order chi connectivity index (χ0) is 23.7. The highest BCUT2D eigenvalue weighted by atomic mass is 35.5. The van der Waals surface area contributed by atoms with E-state index in [0.29, 0.717) is 36.9 Å². The number of rotatable bonds is 5. The molecule has 0 radical (unpaired) electrons. The van der Waals surface area contributed by atoms with Crippen LogP contribution in [0, 0.1) is 0 Å². The number of hydrogen-bond donors (Lipinski definition) is 1. The molecule has 0 amide bonds. The molecule has 4 rings (SSSR count). The van der Waals surface area contributed by atoms with E-state index in [2.05, 4.69) is 4.99 Å². The molecule has 1 aliphatic heterocycles. The van der Waals surface area contributed by atoms with Crippen molar-refractivity contribution in [1.82, 2.24) is 4.57 Å². The van der Waals surface area contributed by atoms with E-state index in [0.717, 1.165) is 5.56 Å². The minimum Gasteiger partial charge on any atom is -0.504 e. The van der Waals surface area contributed by atoms with Crippen LogP contribution in [0.4, 0.5) is 0 Å². The van der Waals surface area contributed by atoms with Crippen molar-refractivity contribution in [3.8, 4) is 11.5 Å². The molecule has 170 valence electrons. The Morgan fingerprint density at radius 1 is 1.27 bits per heavy atom. The van der Waals surface area contributed by atoms with Crippen molar-refractivity contribution in [3.05, 3.63) is 89.6 Å². The molecular formula is C24H21ClN2O5S. The standard InChI is InChI=1S/C24H21ClN2O5S/c1-4-32-23(30)20-13(2)26-24-27(21(20)15-6-8-16(25)9-7-15)22(29)19(33-24)12-14-5-10-17(28)18(11-14)31-3/h5-12,21,28H,4H2,1-3H3/b19-12+. The number of esters is 1. The fraction of sp³-hybridized carbons (Fsp3) is 0.208. The van der Waals surface area contributed by atoms with Crippen molar-refractivity contribution < 1.29 is 19.4 Å². The largest absolute Gasteiger partial charge is 0.504 e. The Balaban J connectivity index is 1.94. The summed E-state index contributed by atoms with van der Waals surface area (Å²) in [6.07, 6.45) is 1.70. The van der Waals surface area contributed by atoms with Gasteiger partial charge in [-0.3, -0.25) is 9.36 Å². The highest BCUT2D eigenvalue weighted by molar-refractivity contribution is 7.07. The number of thiazole rings is 1. The predicted molar refractivity (Wildman–Crippen MR) is 127 cm³/mol. The number of carbonyl (C=O) groups is 1. The Morgan fingerprint density at radius 3 is 2.67 bits per heavy atom. The molecule has 1 N–H and O–H groups in total. The van der Waals surface area contributed by atoms with Crippen LogP contribution in [0.1, 0.15) is 31.0 Å². The molecule has 2 aromatic carbocycles. The van der Waals surface area contributed by atoms with Gasteiger partial charge in [0, 0.05) is 5.02 Å². The number of hydrogen-bond acceptors (Lipinski definition) is 7. The van der Waals surface area contributed by atoms with Crippen molar-refractivity contribution in [2.24, 2.45) is 4.99 Å².